The molecule has 4 aromatic carbocycles. The number of fused-ring (bicyclic) bond motifs is 4. The number of aromatic hydroxyl groups is 4. The van der Waals surface area contributed by atoms with Crippen LogP contribution >= 0.6 is 0 Å². The molecule has 13 aliphatic rings. The number of nitrogens with zero attached hydrogens (tertiary/aromatic N) is 4. The number of phenolic OH excluding ortho intramolecular Hbond substituents is 4. The summed E-state index contributed by atoms with van der Waals surface area (Å²) in [5.74, 6) is 5.98. The molecule has 0 aromatic heterocycles. The molecule has 16 atom stereocenters. The minimum Gasteiger partial charge on any atom is -0.508 e. The standard InChI is InChI=1S/C21H29NO.C21H31NO.C20H29NO.C20H27NO/c1-14(15-5-6-15)22-11-10-21-9-3-2-4-18(21)20(22)12-16-7-8-17(23)13-19(16)21;1-3-6-15(2)22-12-11-21-10-5-4-7-18(21)20(22)13-16-8-9-17(23)14-19(16)21;2*1-3-14(2)21-11-10-20-9-5-4-6-17(20)19(21)12-15-7-8-16(22)13-18(15)20/h7-8,13-15,18,20,23H,2-6,9-12H2,1H3;8-9,14-15,18,20,23H,3-7,10-13H2,1-2H3;7-8,13-14,17,19,22H,3-6,9-12H2,1-2H3;3,7-8,13-14,17,19,22H,1,4-6,9-12H2,2H3/t14-,18?,20-,21-;15-,18?,20-,21-;2*14-,17?,19-,20-/m1111/s1. The molecule has 9 fully saturated rings. The lowest BCUT2D eigenvalue weighted by Crippen LogP contribution is -2.62. The van der Waals surface area contributed by atoms with Gasteiger partial charge in [-0.15, -0.1) is 6.58 Å². The molecule has 488 valence electrons. The van der Waals surface area contributed by atoms with Gasteiger partial charge in [-0.05, 0) is 305 Å². The second kappa shape index (κ2) is 25.4. The molecule has 4 aromatic rings. The highest BCUT2D eigenvalue weighted by Gasteiger charge is 2.59. The van der Waals surface area contributed by atoms with Crippen LogP contribution in [0.15, 0.2) is 85.5 Å². The predicted octanol–water partition coefficient (Wildman–Crippen LogP) is 17.2. The average molecular weight is 1220 g/mol. The largest absolute Gasteiger partial charge is 0.508 e. The van der Waals surface area contributed by atoms with Crippen molar-refractivity contribution in [2.45, 2.75) is 298 Å². The zero-order chi connectivity index (χ0) is 62.3. The van der Waals surface area contributed by atoms with Crippen molar-refractivity contribution in [1.82, 2.24) is 19.6 Å². The third-order valence-corrected chi connectivity index (χ3v) is 28.6. The fraction of sp³-hybridized carbons (Fsp3) is 0.683. The molecule has 8 bridgehead atoms. The zero-order valence-electron chi connectivity index (χ0n) is 56.6. The van der Waals surface area contributed by atoms with E-state index in [1.165, 1.54) is 250 Å². The third kappa shape index (κ3) is 10.8. The fourth-order valence-corrected chi connectivity index (χ4v) is 24.0. The van der Waals surface area contributed by atoms with E-state index in [0.717, 1.165) is 60.2 Å². The Hall–Kier alpha value is -4.34. The summed E-state index contributed by atoms with van der Waals surface area (Å²) in [6.07, 6.45) is 40.5. The Morgan fingerprint density at radius 3 is 1.08 bits per heavy atom. The maximum absolute atomic E-state index is 10.1. The van der Waals surface area contributed by atoms with E-state index in [0.29, 0.717) is 68.8 Å². The molecule has 8 heteroatoms. The molecular formula is C82H116N4O4. The molecule has 90 heavy (non-hydrogen) atoms. The van der Waals surface area contributed by atoms with Gasteiger partial charge >= 0.3 is 0 Å². The lowest BCUT2D eigenvalue weighted by atomic mass is 9.52. The van der Waals surface area contributed by atoms with Gasteiger partial charge in [-0.1, -0.05) is 102 Å². The van der Waals surface area contributed by atoms with Gasteiger partial charge in [0.05, 0.1) is 0 Å². The van der Waals surface area contributed by atoms with Crippen molar-refractivity contribution in [2.24, 2.45) is 29.6 Å². The Morgan fingerprint density at radius 2 is 0.744 bits per heavy atom. The smallest absolute Gasteiger partial charge is 0.115 e. The number of likely N-dealkylation sites (tertiary alicyclic amines) is 4. The van der Waals surface area contributed by atoms with Gasteiger partial charge in [-0.2, -0.15) is 0 Å². The van der Waals surface area contributed by atoms with E-state index in [2.05, 4.69) is 122 Å². The maximum atomic E-state index is 10.1. The number of hydrogen-bond donors (Lipinski definition) is 4. The molecule has 5 saturated carbocycles. The van der Waals surface area contributed by atoms with Crippen LogP contribution in [-0.4, -0.2) is 115 Å². The minimum atomic E-state index is 0.326. The third-order valence-electron chi connectivity index (χ3n) is 28.6. The molecule has 4 unspecified atom stereocenters. The van der Waals surface area contributed by atoms with Crippen LogP contribution in [0.1, 0.15) is 247 Å². The van der Waals surface area contributed by atoms with Crippen molar-refractivity contribution in [1.29, 1.82) is 0 Å². The summed E-state index contributed by atoms with van der Waals surface area (Å²) in [4.78, 5) is 11.2. The van der Waals surface area contributed by atoms with Gasteiger partial charge in [0.25, 0.3) is 0 Å². The first-order chi connectivity index (χ1) is 43.6. The van der Waals surface area contributed by atoms with Gasteiger partial charge in [-0.25, -0.2) is 0 Å². The highest BCUT2D eigenvalue weighted by molar-refractivity contribution is 5.49. The first-order valence-electron chi connectivity index (χ1n) is 37.6. The quantitative estimate of drug-likeness (QED) is 0.123. The number of phenols is 4. The summed E-state index contributed by atoms with van der Waals surface area (Å²) in [6.45, 7) is 23.2. The van der Waals surface area contributed by atoms with Gasteiger partial charge in [0.2, 0.25) is 0 Å². The maximum Gasteiger partial charge on any atom is 0.115 e. The first-order valence-corrected chi connectivity index (χ1v) is 37.6. The van der Waals surface area contributed by atoms with E-state index in [9.17, 15) is 20.4 Å². The average Bonchev–Trinajstić information content (AvgIpc) is 0.908. The monoisotopic (exact) mass is 1220 g/mol. The van der Waals surface area contributed by atoms with E-state index < -0.39 is 0 Å². The van der Waals surface area contributed by atoms with Crippen LogP contribution in [0.3, 0.4) is 0 Å². The van der Waals surface area contributed by atoms with Crippen molar-refractivity contribution in [3.05, 3.63) is 130 Å². The molecular weight excluding hydrogens is 1100 g/mol. The van der Waals surface area contributed by atoms with Crippen LogP contribution in [0.2, 0.25) is 0 Å². The van der Waals surface area contributed by atoms with Gasteiger partial charge in [0, 0.05) is 70.0 Å². The van der Waals surface area contributed by atoms with Crippen LogP contribution < -0.4 is 0 Å². The molecule has 0 radical (unpaired) electrons. The molecule has 4 heterocycles. The van der Waals surface area contributed by atoms with Crippen LogP contribution in [-0.2, 0) is 47.3 Å². The molecule has 4 N–H and O–H groups in total. The summed E-state index contributed by atoms with van der Waals surface area (Å²) in [5.41, 5.74) is 13.4. The van der Waals surface area contributed by atoms with Crippen molar-refractivity contribution < 1.29 is 20.4 Å². The number of piperidine rings is 4. The summed E-state index contributed by atoms with van der Waals surface area (Å²) in [6, 6.07) is 30.3. The van der Waals surface area contributed by atoms with E-state index in [4.69, 9.17) is 0 Å². The van der Waals surface area contributed by atoms with Crippen molar-refractivity contribution in [3.63, 3.8) is 0 Å². The Bertz CT molecular complexity index is 3210. The summed E-state index contributed by atoms with van der Waals surface area (Å²) < 4.78 is 0. The first kappa shape index (κ1) is 63.1. The van der Waals surface area contributed by atoms with Gasteiger partial charge in [0.1, 0.15) is 23.0 Å². The molecule has 8 nitrogen and oxygen atoms in total. The minimum absolute atomic E-state index is 0.326. The van der Waals surface area contributed by atoms with Gasteiger partial charge < -0.3 is 20.4 Å². The lowest BCUT2D eigenvalue weighted by Gasteiger charge is -2.60. The molecule has 17 rings (SSSR count). The Kier molecular flexibility index (Phi) is 17.8. The van der Waals surface area contributed by atoms with E-state index in [-0.39, 0.29) is 0 Å². The molecule has 4 saturated heterocycles. The summed E-state index contributed by atoms with van der Waals surface area (Å²) >= 11 is 0. The van der Waals surface area contributed by atoms with E-state index >= 15 is 0 Å². The second-order valence-electron chi connectivity index (χ2n) is 32.4. The number of hydrogen-bond acceptors (Lipinski definition) is 8. The highest BCUT2D eigenvalue weighted by Crippen LogP contribution is 2.61. The van der Waals surface area contributed by atoms with Crippen LogP contribution in [0.5, 0.6) is 23.0 Å². The van der Waals surface area contributed by atoms with Crippen molar-refractivity contribution in [2.75, 3.05) is 26.2 Å². The van der Waals surface area contributed by atoms with Crippen molar-refractivity contribution in [3.8, 4) is 23.0 Å². The van der Waals surface area contributed by atoms with Gasteiger partial charge in [-0.3, -0.25) is 19.6 Å². The Morgan fingerprint density at radius 1 is 0.422 bits per heavy atom. The Balaban J connectivity index is 0.000000105. The van der Waals surface area contributed by atoms with Gasteiger partial charge in [0.15, 0.2) is 0 Å². The summed E-state index contributed by atoms with van der Waals surface area (Å²) in [5, 5.41) is 40.2. The second-order valence-corrected chi connectivity index (χ2v) is 32.4. The highest BCUT2D eigenvalue weighted by atomic mass is 16.3. The number of benzene rings is 4. The fourth-order valence-electron chi connectivity index (χ4n) is 24.0. The SMILES string of the molecule is C=C[C@@H](C)N1CC[C@]23CCCCC2[C@H]1Cc1ccc(O)cc13.CCC[C@@H](C)N1CC[C@]23CCCCC2[C@H]1Cc1ccc(O)cc13.CC[C@@H](C)N1CC[C@]23CCCCC2[C@H]1Cc1ccc(O)cc13.C[C@H](C1CC1)N1CC[C@]23CCCCC2[C@H]1Cc1ccc(O)cc13. The molecule has 0 spiro atoms. The van der Waals surface area contributed by atoms with Crippen LogP contribution in [0.25, 0.3) is 0 Å². The zero-order valence-corrected chi connectivity index (χ0v) is 56.6. The Labute approximate surface area is 543 Å². The lowest BCUT2D eigenvalue weighted by molar-refractivity contribution is -0.0343. The molecule has 4 aliphatic heterocycles. The van der Waals surface area contributed by atoms with Crippen LogP contribution in [0.4, 0.5) is 0 Å². The normalized spacial score (nSPS) is 35.8. The summed E-state index contributed by atoms with van der Waals surface area (Å²) in [7, 11) is 0. The molecule has 9 aliphatic carbocycles. The topological polar surface area (TPSA) is 93.9 Å². The van der Waals surface area contributed by atoms with E-state index in [1.54, 1.807) is 0 Å². The van der Waals surface area contributed by atoms with Crippen molar-refractivity contribution >= 4 is 0 Å². The molecule has 0 amide bonds. The van der Waals surface area contributed by atoms with Crippen LogP contribution in [0, 0.1) is 29.6 Å². The number of rotatable bonds is 9. The predicted molar refractivity (Wildman–Crippen MR) is 368 cm³/mol. The van der Waals surface area contributed by atoms with E-state index in [1.807, 2.05) is 24.3 Å².